The van der Waals surface area contributed by atoms with Crippen molar-refractivity contribution in [2.75, 3.05) is 26.4 Å². The normalized spacial score (nSPS) is 11.7. The van der Waals surface area contributed by atoms with Gasteiger partial charge in [-0.05, 0) is 20.8 Å². The average molecular weight is 173 g/mol. The zero-order valence-electron chi connectivity index (χ0n) is 8.25. The molecule has 12 heavy (non-hydrogen) atoms. The van der Waals surface area contributed by atoms with Crippen molar-refractivity contribution in [3.63, 3.8) is 0 Å². The summed E-state index contributed by atoms with van der Waals surface area (Å²) in [5.74, 6) is 0. The van der Waals surface area contributed by atoms with Crippen LogP contribution in [0.5, 0.6) is 0 Å². The molecule has 0 rings (SSSR count). The number of ether oxygens (including phenoxy) is 2. The fraction of sp³-hybridized carbons (Fsp3) is 0.889. The highest BCUT2D eigenvalue weighted by atomic mass is 16.5. The van der Waals surface area contributed by atoms with Crippen molar-refractivity contribution in [1.82, 2.24) is 0 Å². The summed E-state index contributed by atoms with van der Waals surface area (Å²) in [6, 6.07) is 0.362. The van der Waals surface area contributed by atoms with E-state index in [2.05, 4.69) is 4.99 Å². The van der Waals surface area contributed by atoms with Crippen LogP contribution in [0.2, 0.25) is 0 Å². The first-order valence-electron chi connectivity index (χ1n) is 4.44. The number of hydrogen-bond donors (Lipinski definition) is 0. The second kappa shape index (κ2) is 8.68. The summed E-state index contributed by atoms with van der Waals surface area (Å²) in [7, 11) is 0. The Kier molecular flexibility index (Phi) is 8.39. The zero-order valence-corrected chi connectivity index (χ0v) is 8.25. The molecule has 0 unspecified atom stereocenters. The Morgan fingerprint density at radius 1 is 1.25 bits per heavy atom. The maximum atomic E-state index is 5.21. The fourth-order valence-corrected chi connectivity index (χ4v) is 0.652. The molecule has 3 nitrogen and oxygen atoms in total. The van der Waals surface area contributed by atoms with E-state index in [0.29, 0.717) is 25.9 Å². The molecule has 0 heterocycles. The number of hydrogen-bond acceptors (Lipinski definition) is 3. The van der Waals surface area contributed by atoms with Gasteiger partial charge in [0.1, 0.15) is 0 Å². The van der Waals surface area contributed by atoms with Crippen LogP contribution < -0.4 is 0 Å². The molecule has 0 aliphatic heterocycles. The number of nitrogens with zero attached hydrogens (tertiary/aromatic N) is 1. The monoisotopic (exact) mass is 173 g/mol. The van der Waals surface area contributed by atoms with Gasteiger partial charge in [-0.15, -0.1) is 0 Å². The number of aliphatic imine (C=N–C) groups is 1. The number of rotatable bonds is 7. The van der Waals surface area contributed by atoms with Crippen LogP contribution in [0.1, 0.15) is 20.8 Å². The van der Waals surface area contributed by atoms with Gasteiger partial charge in [0.25, 0.3) is 0 Å². The summed E-state index contributed by atoms with van der Waals surface area (Å²) in [6.07, 6.45) is 1.80. The largest absolute Gasteiger partial charge is 0.379 e. The molecule has 3 heteroatoms. The summed E-state index contributed by atoms with van der Waals surface area (Å²) < 4.78 is 10.3. The third-order valence-corrected chi connectivity index (χ3v) is 1.17. The maximum absolute atomic E-state index is 5.21. The van der Waals surface area contributed by atoms with E-state index in [-0.39, 0.29) is 0 Å². The third-order valence-electron chi connectivity index (χ3n) is 1.17. The molecule has 72 valence electrons. The van der Waals surface area contributed by atoms with Gasteiger partial charge in [-0.1, -0.05) is 0 Å². The van der Waals surface area contributed by atoms with E-state index >= 15 is 0 Å². The van der Waals surface area contributed by atoms with Crippen LogP contribution in [-0.2, 0) is 9.47 Å². The molecule has 0 atom stereocenters. The standard InChI is InChI=1S/C9H19NO2/c1-4-11-7-8-12-6-5-10-9(2)3/h5,9H,4,6-8H2,1-3H3. The molecule has 0 aromatic rings. The summed E-state index contributed by atoms with van der Waals surface area (Å²) in [5.41, 5.74) is 0. The van der Waals surface area contributed by atoms with Gasteiger partial charge in [-0.3, -0.25) is 4.99 Å². The topological polar surface area (TPSA) is 30.8 Å². The van der Waals surface area contributed by atoms with Gasteiger partial charge in [0.05, 0.1) is 19.8 Å². The molecule has 0 aromatic heterocycles. The molecular weight excluding hydrogens is 154 g/mol. The Labute approximate surface area is 74.8 Å². The second-order valence-corrected chi connectivity index (χ2v) is 2.70. The lowest BCUT2D eigenvalue weighted by atomic mass is 10.4. The highest BCUT2D eigenvalue weighted by Gasteiger charge is 1.86. The van der Waals surface area contributed by atoms with Gasteiger partial charge in [0.15, 0.2) is 0 Å². The molecule has 0 aliphatic carbocycles. The predicted molar refractivity (Wildman–Crippen MR) is 50.9 cm³/mol. The lowest BCUT2D eigenvalue weighted by Gasteiger charge is -2.00. The summed E-state index contributed by atoms with van der Waals surface area (Å²) >= 11 is 0. The second-order valence-electron chi connectivity index (χ2n) is 2.70. The van der Waals surface area contributed by atoms with Crippen LogP contribution in [0.15, 0.2) is 4.99 Å². The average Bonchev–Trinajstić information content (AvgIpc) is 2.02. The van der Waals surface area contributed by atoms with Crippen LogP contribution in [0.4, 0.5) is 0 Å². The molecule has 0 saturated carbocycles. The van der Waals surface area contributed by atoms with Crippen LogP contribution >= 0.6 is 0 Å². The van der Waals surface area contributed by atoms with E-state index in [0.717, 1.165) is 6.61 Å². The Hall–Kier alpha value is -0.410. The Bertz CT molecular complexity index is 113. The van der Waals surface area contributed by atoms with E-state index in [1.807, 2.05) is 20.8 Å². The van der Waals surface area contributed by atoms with Crippen LogP contribution in [0.3, 0.4) is 0 Å². The molecule has 0 aromatic carbocycles. The minimum absolute atomic E-state index is 0.362. The van der Waals surface area contributed by atoms with Crippen LogP contribution in [0.25, 0.3) is 0 Å². The van der Waals surface area contributed by atoms with Gasteiger partial charge in [0.2, 0.25) is 0 Å². The van der Waals surface area contributed by atoms with Crippen molar-refractivity contribution in [3.8, 4) is 0 Å². The maximum Gasteiger partial charge on any atom is 0.0815 e. The molecule has 0 amide bonds. The molecule has 0 aliphatic rings. The van der Waals surface area contributed by atoms with Crippen LogP contribution in [-0.4, -0.2) is 38.7 Å². The van der Waals surface area contributed by atoms with Crippen molar-refractivity contribution in [1.29, 1.82) is 0 Å². The smallest absolute Gasteiger partial charge is 0.0815 e. The molecule has 0 bridgehead atoms. The lowest BCUT2D eigenvalue weighted by Crippen LogP contribution is -2.06. The van der Waals surface area contributed by atoms with Crippen molar-refractivity contribution < 1.29 is 9.47 Å². The highest BCUT2D eigenvalue weighted by Crippen LogP contribution is 1.83. The first-order chi connectivity index (χ1) is 5.77. The van der Waals surface area contributed by atoms with Gasteiger partial charge < -0.3 is 9.47 Å². The Morgan fingerprint density at radius 2 is 1.92 bits per heavy atom. The lowest BCUT2D eigenvalue weighted by molar-refractivity contribution is 0.0688. The van der Waals surface area contributed by atoms with E-state index in [1.165, 1.54) is 0 Å². The summed E-state index contributed by atoms with van der Waals surface area (Å²) in [6.45, 7) is 8.71. The van der Waals surface area contributed by atoms with Crippen molar-refractivity contribution in [2.45, 2.75) is 26.8 Å². The van der Waals surface area contributed by atoms with E-state index in [4.69, 9.17) is 9.47 Å². The SMILES string of the molecule is CCOCCOCC=NC(C)C. The molecule has 0 spiro atoms. The van der Waals surface area contributed by atoms with Crippen molar-refractivity contribution in [3.05, 3.63) is 0 Å². The fourth-order valence-electron chi connectivity index (χ4n) is 0.652. The van der Waals surface area contributed by atoms with Crippen LogP contribution in [0, 0.1) is 0 Å². The Morgan fingerprint density at radius 3 is 2.50 bits per heavy atom. The summed E-state index contributed by atoms with van der Waals surface area (Å²) in [5, 5.41) is 0. The van der Waals surface area contributed by atoms with Gasteiger partial charge >= 0.3 is 0 Å². The van der Waals surface area contributed by atoms with E-state index in [1.54, 1.807) is 6.21 Å². The minimum Gasteiger partial charge on any atom is -0.379 e. The van der Waals surface area contributed by atoms with Gasteiger partial charge in [-0.25, -0.2) is 0 Å². The summed E-state index contributed by atoms with van der Waals surface area (Å²) in [4.78, 5) is 4.15. The highest BCUT2D eigenvalue weighted by molar-refractivity contribution is 5.58. The first kappa shape index (κ1) is 11.6. The van der Waals surface area contributed by atoms with Gasteiger partial charge in [-0.2, -0.15) is 0 Å². The minimum atomic E-state index is 0.362. The predicted octanol–water partition coefficient (Wildman–Crippen LogP) is 1.52. The zero-order chi connectivity index (χ0) is 9.23. The molecule has 0 saturated heterocycles. The van der Waals surface area contributed by atoms with E-state index < -0.39 is 0 Å². The quantitative estimate of drug-likeness (QED) is 0.431. The molecule has 0 radical (unpaired) electrons. The van der Waals surface area contributed by atoms with Gasteiger partial charge in [0, 0.05) is 18.9 Å². The van der Waals surface area contributed by atoms with Crippen molar-refractivity contribution in [2.24, 2.45) is 4.99 Å². The van der Waals surface area contributed by atoms with Crippen molar-refractivity contribution >= 4 is 6.21 Å². The molecule has 0 N–H and O–H groups in total. The third kappa shape index (κ3) is 9.59. The Balaban J connectivity index is 3.00. The first-order valence-corrected chi connectivity index (χ1v) is 4.44. The molecular formula is C9H19NO2. The molecule has 0 fully saturated rings. The van der Waals surface area contributed by atoms with E-state index in [9.17, 15) is 0 Å².